The molecule has 1 atom stereocenters. The van der Waals surface area contributed by atoms with Crippen LogP contribution in [0.3, 0.4) is 0 Å². The summed E-state index contributed by atoms with van der Waals surface area (Å²) in [7, 11) is 0. The van der Waals surface area contributed by atoms with E-state index in [1.807, 2.05) is 0 Å². The Kier molecular flexibility index (Phi) is 6.57. The summed E-state index contributed by atoms with van der Waals surface area (Å²) in [5, 5.41) is 14.0. The van der Waals surface area contributed by atoms with Crippen molar-refractivity contribution in [1.82, 2.24) is 15.1 Å². The minimum atomic E-state index is -0.558. The van der Waals surface area contributed by atoms with Gasteiger partial charge in [0, 0.05) is 30.4 Å². The van der Waals surface area contributed by atoms with Crippen LogP contribution in [0.2, 0.25) is 0 Å². The molecular weight excluding hydrogens is 397 g/mol. The average Bonchev–Trinajstić information content (AvgIpc) is 3.41. The van der Waals surface area contributed by atoms with Gasteiger partial charge >= 0.3 is 6.01 Å². The minimum absolute atomic E-state index is 0.00150. The second-order valence-electron chi connectivity index (χ2n) is 7.73. The number of hydrogen-bond donors (Lipinski definition) is 2. The number of nitrogens with zero attached hydrogens (tertiary/aromatic N) is 3. The molecule has 0 aliphatic carbocycles. The highest BCUT2D eigenvalue weighted by Gasteiger charge is 2.19. The molecule has 4 rings (SSSR count). The van der Waals surface area contributed by atoms with E-state index < -0.39 is 11.7 Å². The van der Waals surface area contributed by atoms with E-state index in [4.69, 9.17) is 4.42 Å². The summed E-state index contributed by atoms with van der Waals surface area (Å²) in [5.74, 6) is -0.668. The van der Waals surface area contributed by atoms with Crippen molar-refractivity contribution in [1.29, 1.82) is 0 Å². The van der Waals surface area contributed by atoms with Crippen LogP contribution in [0.15, 0.2) is 52.9 Å². The molecule has 1 amide bonds. The van der Waals surface area contributed by atoms with E-state index in [0.29, 0.717) is 23.6 Å². The lowest BCUT2D eigenvalue weighted by Gasteiger charge is -2.20. The number of carbonyl (C=O) groups excluding carboxylic acids is 1. The molecule has 0 unspecified atom stereocenters. The highest BCUT2D eigenvalue weighted by atomic mass is 19.1. The molecule has 0 saturated carbocycles. The third-order valence-corrected chi connectivity index (χ3v) is 5.52. The average molecular weight is 423 g/mol. The maximum absolute atomic E-state index is 13.7. The molecule has 3 aromatic rings. The molecule has 0 bridgehead atoms. The molecule has 1 fully saturated rings. The van der Waals surface area contributed by atoms with Crippen LogP contribution < -0.4 is 10.6 Å². The van der Waals surface area contributed by atoms with Gasteiger partial charge in [0.15, 0.2) is 0 Å². The monoisotopic (exact) mass is 423 g/mol. The van der Waals surface area contributed by atoms with Crippen molar-refractivity contribution in [3.8, 4) is 11.5 Å². The number of carbonyl (C=O) groups is 1. The fourth-order valence-electron chi connectivity index (χ4n) is 3.75. The lowest BCUT2D eigenvalue weighted by molar-refractivity contribution is 0.102. The highest BCUT2D eigenvalue weighted by Crippen LogP contribution is 2.22. The van der Waals surface area contributed by atoms with Crippen LogP contribution in [0.1, 0.15) is 36.5 Å². The molecule has 1 aliphatic rings. The van der Waals surface area contributed by atoms with Gasteiger partial charge in [-0.15, -0.1) is 5.10 Å². The molecule has 0 spiro atoms. The van der Waals surface area contributed by atoms with Crippen molar-refractivity contribution in [2.45, 2.75) is 32.2 Å². The van der Waals surface area contributed by atoms with Gasteiger partial charge in [0.25, 0.3) is 5.91 Å². The zero-order chi connectivity index (χ0) is 21.6. The number of anilines is 2. The normalized spacial score (nSPS) is 16.4. The Bertz CT molecular complexity index is 1020. The summed E-state index contributed by atoms with van der Waals surface area (Å²) >= 11 is 0. The maximum Gasteiger partial charge on any atom is 0.315 e. The molecule has 1 aromatic heterocycles. The van der Waals surface area contributed by atoms with Crippen LogP contribution in [-0.2, 0) is 0 Å². The Morgan fingerprint density at radius 1 is 1.19 bits per heavy atom. The highest BCUT2D eigenvalue weighted by molar-refractivity contribution is 6.04. The smallest absolute Gasteiger partial charge is 0.315 e. The minimum Gasteiger partial charge on any atom is -0.403 e. The molecule has 8 heteroatoms. The quantitative estimate of drug-likeness (QED) is 0.522. The van der Waals surface area contributed by atoms with Gasteiger partial charge in [0.2, 0.25) is 5.89 Å². The number of aromatic nitrogens is 2. The van der Waals surface area contributed by atoms with Gasteiger partial charge in [0.05, 0.1) is 5.56 Å². The molecule has 1 saturated heterocycles. The summed E-state index contributed by atoms with van der Waals surface area (Å²) in [4.78, 5) is 14.7. The third-order valence-electron chi connectivity index (χ3n) is 5.52. The molecule has 2 heterocycles. The first-order chi connectivity index (χ1) is 15.1. The Morgan fingerprint density at radius 2 is 2.00 bits per heavy atom. The number of hydrogen-bond acceptors (Lipinski definition) is 6. The van der Waals surface area contributed by atoms with E-state index >= 15 is 0 Å². The van der Waals surface area contributed by atoms with Crippen LogP contribution in [0, 0.1) is 5.82 Å². The van der Waals surface area contributed by atoms with Crippen molar-refractivity contribution >= 4 is 17.6 Å². The Labute approximate surface area is 180 Å². The number of benzene rings is 2. The van der Waals surface area contributed by atoms with Gasteiger partial charge in [-0.2, -0.15) is 0 Å². The van der Waals surface area contributed by atoms with Crippen LogP contribution in [-0.4, -0.2) is 46.7 Å². The van der Waals surface area contributed by atoms with Gasteiger partial charge in [-0.1, -0.05) is 17.2 Å². The van der Waals surface area contributed by atoms with E-state index in [-0.39, 0.29) is 5.56 Å². The van der Waals surface area contributed by atoms with Crippen molar-refractivity contribution in [3.05, 3.63) is 59.9 Å². The van der Waals surface area contributed by atoms with E-state index in [1.165, 1.54) is 31.5 Å². The van der Waals surface area contributed by atoms with Crippen molar-refractivity contribution < 1.29 is 13.6 Å². The van der Waals surface area contributed by atoms with Crippen LogP contribution in [0.25, 0.3) is 11.5 Å². The van der Waals surface area contributed by atoms with Crippen molar-refractivity contribution in [2.75, 3.05) is 30.3 Å². The lowest BCUT2D eigenvalue weighted by Crippen LogP contribution is -2.28. The number of likely N-dealkylation sites (tertiary alicyclic amines) is 1. The molecule has 2 N–H and O–H groups in total. The molecule has 7 nitrogen and oxygen atoms in total. The predicted molar refractivity (Wildman–Crippen MR) is 117 cm³/mol. The second kappa shape index (κ2) is 9.70. The van der Waals surface area contributed by atoms with E-state index in [2.05, 4.69) is 32.7 Å². The Hall–Kier alpha value is -3.26. The predicted octanol–water partition coefficient (Wildman–Crippen LogP) is 4.41. The number of amides is 1. The van der Waals surface area contributed by atoms with Gasteiger partial charge in [-0.3, -0.25) is 4.79 Å². The maximum atomic E-state index is 13.7. The van der Waals surface area contributed by atoms with Crippen molar-refractivity contribution in [3.63, 3.8) is 0 Å². The second-order valence-corrected chi connectivity index (χ2v) is 7.73. The van der Waals surface area contributed by atoms with E-state index in [0.717, 1.165) is 25.1 Å². The number of rotatable bonds is 8. The molecule has 0 radical (unpaired) electrons. The van der Waals surface area contributed by atoms with E-state index in [9.17, 15) is 9.18 Å². The number of halogens is 1. The Balaban J connectivity index is 1.29. The molecule has 1 aliphatic heterocycles. The summed E-state index contributed by atoms with van der Waals surface area (Å²) in [6.45, 7) is 5.30. The summed E-state index contributed by atoms with van der Waals surface area (Å²) < 4.78 is 19.4. The van der Waals surface area contributed by atoms with Gasteiger partial charge < -0.3 is 20.0 Å². The van der Waals surface area contributed by atoms with Gasteiger partial charge in [0.1, 0.15) is 5.82 Å². The van der Waals surface area contributed by atoms with Crippen LogP contribution >= 0.6 is 0 Å². The molecule has 2 aromatic carbocycles. The Morgan fingerprint density at radius 3 is 2.74 bits per heavy atom. The van der Waals surface area contributed by atoms with Crippen molar-refractivity contribution in [2.24, 2.45) is 0 Å². The first kappa shape index (κ1) is 21.0. The molecule has 31 heavy (non-hydrogen) atoms. The van der Waals surface area contributed by atoms with Gasteiger partial charge in [-0.05, 0) is 69.1 Å². The van der Waals surface area contributed by atoms with Crippen LogP contribution in [0.5, 0.6) is 0 Å². The summed E-state index contributed by atoms with van der Waals surface area (Å²) in [6, 6.07) is 13.9. The first-order valence-corrected chi connectivity index (χ1v) is 10.6. The fraction of sp³-hybridized carbons (Fsp3) is 0.348. The largest absolute Gasteiger partial charge is 0.403 e. The third kappa shape index (κ3) is 5.27. The summed E-state index contributed by atoms with van der Waals surface area (Å²) in [5.41, 5.74) is 1.28. The standard InChI is InChI=1S/C23H26FN5O2/c1-16-6-4-14-29(16)15-5-13-25-23-28-27-22(31-23)17-9-11-18(12-10-17)26-21(30)19-7-2-3-8-20(19)24/h2-3,7-12,16H,4-6,13-15H2,1H3,(H,25,28)(H,26,30)/t16-/m0/s1. The SMILES string of the molecule is C[C@H]1CCCN1CCCNc1nnc(-c2ccc(NC(=O)c3ccccc3F)cc2)o1. The van der Waals surface area contributed by atoms with E-state index in [1.54, 1.807) is 36.4 Å². The first-order valence-electron chi connectivity index (χ1n) is 10.6. The lowest BCUT2D eigenvalue weighted by atomic mass is 10.1. The fourth-order valence-corrected chi connectivity index (χ4v) is 3.75. The molecular formula is C23H26FN5O2. The zero-order valence-corrected chi connectivity index (χ0v) is 17.5. The van der Waals surface area contributed by atoms with Crippen LogP contribution in [0.4, 0.5) is 16.1 Å². The van der Waals surface area contributed by atoms with Gasteiger partial charge in [-0.25, -0.2) is 4.39 Å². The number of nitrogens with one attached hydrogen (secondary N) is 2. The summed E-state index contributed by atoms with van der Waals surface area (Å²) in [6.07, 6.45) is 3.58. The topological polar surface area (TPSA) is 83.3 Å². The zero-order valence-electron chi connectivity index (χ0n) is 17.5. The molecule has 162 valence electrons.